The van der Waals surface area contributed by atoms with Crippen molar-refractivity contribution in [3.63, 3.8) is 0 Å². The third-order valence-corrected chi connectivity index (χ3v) is 8.22. The van der Waals surface area contributed by atoms with Crippen molar-refractivity contribution >= 4 is 28.3 Å². The van der Waals surface area contributed by atoms with Crippen molar-refractivity contribution in [3.8, 4) is 5.75 Å². The number of benzene rings is 2. The van der Waals surface area contributed by atoms with Gasteiger partial charge in [0, 0.05) is 18.7 Å². The monoisotopic (exact) mass is 457 g/mol. The normalized spacial score (nSPS) is 21.9. The number of nitrogens with two attached hydrogens (primary N) is 1. The quantitative estimate of drug-likeness (QED) is 0.491. The molecule has 2 aromatic carbocycles. The maximum Gasteiger partial charge on any atom is 0.257 e. The number of aromatic nitrogens is 3. The Morgan fingerprint density at radius 2 is 2.12 bits per heavy atom. The Balaban J connectivity index is 1.21. The van der Waals surface area contributed by atoms with Crippen LogP contribution in [0.25, 0.3) is 16.6 Å². The first-order chi connectivity index (χ1) is 16.4. The van der Waals surface area contributed by atoms with Crippen molar-refractivity contribution in [1.29, 1.82) is 0 Å². The number of halogens is 1. The van der Waals surface area contributed by atoms with Crippen molar-refractivity contribution < 1.29 is 13.9 Å². The molecule has 7 rings (SSSR count). The van der Waals surface area contributed by atoms with E-state index < -0.39 is 11.7 Å². The van der Waals surface area contributed by atoms with E-state index in [4.69, 9.17) is 10.5 Å². The SMILES string of the molecule is CN(C(=O)c1cc2c(cc1F)nc(N)c1cncn12)[C@@H]1COc2cc(C3CC34CCC4)ccc21. The van der Waals surface area contributed by atoms with E-state index in [0.717, 1.165) is 11.3 Å². The van der Waals surface area contributed by atoms with Gasteiger partial charge in [0.25, 0.3) is 5.91 Å². The molecule has 3 aliphatic rings. The summed E-state index contributed by atoms with van der Waals surface area (Å²) in [5.41, 5.74) is 10.3. The molecule has 4 aromatic rings. The molecule has 0 radical (unpaired) electrons. The summed E-state index contributed by atoms with van der Waals surface area (Å²) in [6.07, 6.45) is 8.46. The summed E-state index contributed by atoms with van der Waals surface area (Å²) >= 11 is 0. The second-order valence-electron chi connectivity index (χ2n) is 9.98. The molecule has 1 amide bonds. The minimum atomic E-state index is -0.635. The molecular weight excluding hydrogens is 433 g/mol. The molecule has 2 saturated carbocycles. The molecule has 34 heavy (non-hydrogen) atoms. The first-order valence-corrected chi connectivity index (χ1v) is 11.7. The molecule has 2 aliphatic carbocycles. The second-order valence-corrected chi connectivity index (χ2v) is 9.98. The molecule has 0 saturated heterocycles. The van der Waals surface area contributed by atoms with Gasteiger partial charge in [0.2, 0.25) is 0 Å². The molecule has 172 valence electrons. The van der Waals surface area contributed by atoms with Gasteiger partial charge in [-0.05, 0) is 48.3 Å². The number of hydrogen-bond donors (Lipinski definition) is 1. The van der Waals surface area contributed by atoms with Gasteiger partial charge in [0.15, 0.2) is 0 Å². The highest BCUT2D eigenvalue weighted by atomic mass is 19.1. The molecule has 1 unspecified atom stereocenters. The van der Waals surface area contributed by atoms with Gasteiger partial charge in [0.05, 0.1) is 35.2 Å². The number of amides is 1. The molecule has 0 bridgehead atoms. The summed E-state index contributed by atoms with van der Waals surface area (Å²) in [5.74, 6) is 0.690. The van der Waals surface area contributed by atoms with Gasteiger partial charge in [-0.1, -0.05) is 18.6 Å². The highest BCUT2D eigenvalue weighted by molar-refractivity contribution is 5.98. The van der Waals surface area contributed by atoms with Crippen LogP contribution in [0.15, 0.2) is 42.9 Å². The van der Waals surface area contributed by atoms with Crippen LogP contribution in [0.4, 0.5) is 10.2 Å². The maximum absolute atomic E-state index is 15.0. The first kappa shape index (κ1) is 19.8. The molecule has 1 aliphatic heterocycles. The van der Waals surface area contributed by atoms with Crippen molar-refractivity contribution in [2.45, 2.75) is 37.6 Å². The summed E-state index contributed by atoms with van der Waals surface area (Å²) in [6.45, 7) is 0.357. The zero-order chi connectivity index (χ0) is 23.2. The van der Waals surface area contributed by atoms with E-state index in [1.54, 1.807) is 28.9 Å². The number of imidazole rings is 1. The number of carbonyl (C=O) groups is 1. The highest BCUT2D eigenvalue weighted by Gasteiger charge is 2.58. The Morgan fingerprint density at radius 3 is 2.88 bits per heavy atom. The fourth-order valence-electron chi connectivity index (χ4n) is 5.94. The molecule has 2 atom stereocenters. The van der Waals surface area contributed by atoms with Crippen LogP contribution in [-0.4, -0.2) is 38.8 Å². The van der Waals surface area contributed by atoms with Crippen LogP contribution in [0.5, 0.6) is 5.75 Å². The summed E-state index contributed by atoms with van der Waals surface area (Å²) in [5, 5.41) is 0. The molecule has 2 fully saturated rings. The Kier molecular flexibility index (Phi) is 3.88. The van der Waals surface area contributed by atoms with Crippen molar-refractivity contribution in [2.75, 3.05) is 19.4 Å². The fraction of sp³-hybridized carbons (Fsp3) is 0.346. The van der Waals surface area contributed by atoms with Crippen LogP contribution in [0.1, 0.15) is 59.1 Å². The van der Waals surface area contributed by atoms with Crippen molar-refractivity contribution in [1.82, 2.24) is 19.3 Å². The average molecular weight is 458 g/mol. The minimum absolute atomic E-state index is 0.0217. The molecule has 1 spiro atoms. The number of anilines is 1. The van der Waals surface area contributed by atoms with E-state index in [-0.39, 0.29) is 17.4 Å². The van der Waals surface area contributed by atoms with Crippen LogP contribution >= 0.6 is 0 Å². The van der Waals surface area contributed by atoms with E-state index >= 15 is 4.39 Å². The summed E-state index contributed by atoms with van der Waals surface area (Å²) in [7, 11) is 1.70. The number of fused-ring (bicyclic) bond motifs is 4. The fourth-order valence-corrected chi connectivity index (χ4v) is 5.94. The van der Waals surface area contributed by atoms with E-state index in [1.165, 1.54) is 43.4 Å². The maximum atomic E-state index is 15.0. The molecule has 2 aromatic heterocycles. The minimum Gasteiger partial charge on any atom is -0.491 e. The topological polar surface area (TPSA) is 85.8 Å². The third-order valence-electron chi connectivity index (χ3n) is 8.22. The van der Waals surface area contributed by atoms with Gasteiger partial charge in [-0.15, -0.1) is 0 Å². The number of nitrogens with zero attached hydrogens (tertiary/aromatic N) is 4. The summed E-state index contributed by atoms with van der Waals surface area (Å²) in [6, 6.07) is 8.91. The summed E-state index contributed by atoms with van der Waals surface area (Å²) in [4.78, 5) is 23.4. The summed E-state index contributed by atoms with van der Waals surface area (Å²) < 4.78 is 22.8. The molecule has 8 heteroatoms. The Bertz CT molecular complexity index is 1510. The van der Waals surface area contributed by atoms with Gasteiger partial charge in [-0.3, -0.25) is 9.20 Å². The lowest BCUT2D eigenvalue weighted by molar-refractivity contribution is 0.0704. The lowest BCUT2D eigenvalue weighted by Crippen LogP contribution is -2.32. The molecule has 7 nitrogen and oxygen atoms in total. The Hall–Kier alpha value is -3.68. The number of ether oxygens (including phenoxy) is 1. The van der Waals surface area contributed by atoms with Gasteiger partial charge >= 0.3 is 0 Å². The Morgan fingerprint density at radius 1 is 1.26 bits per heavy atom. The number of carbonyl (C=O) groups excluding carboxylic acids is 1. The van der Waals surface area contributed by atoms with Crippen LogP contribution in [-0.2, 0) is 0 Å². The molecule has 3 heterocycles. The number of likely N-dealkylation sites (N-methyl/N-ethyl adjacent to an activating group) is 1. The first-order valence-electron chi connectivity index (χ1n) is 11.7. The molecular formula is C26H24FN5O2. The zero-order valence-corrected chi connectivity index (χ0v) is 18.8. The largest absolute Gasteiger partial charge is 0.491 e. The van der Waals surface area contributed by atoms with Gasteiger partial charge < -0.3 is 15.4 Å². The van der Waals surface area contributed by atoms with Gasteiger partial charge in [-0.25, -0.2) is 14.4 Å². The van der Waals surface area contributed by atoms with Crippen LogP contribution in [0.3, 0.4) is 0 Å². The van der Waals surface area contributed by atoms with E-state index in [0.29, 0.717) is 34.5 Å². The highest BCUT2D eigenvalue weighted by Crippen LogP contribution is 2.70. The van der Waals surface area contributed by atoms with E-state index in [9.17, 15) is 4.79 Å². The van der Waals surface area contributed by atoms with Crippen molar-refractivity contribution in [2.24, 2.45) is 5.41 Å². The lowest BCUT2D eigenvalue weighted by Gasteiger charge is -2.27. The van der Waals surface area contributed by atoms with E-state index in [2.05, 4.69) is 28.2 Å². The van der Waals surface area contributed by atoms with E-state index in [1.807, 2.05) is 0 Å². The van der Waals surface area contributed by atoms with Gasteiger partial charge in [0.1, 0.15) is 29.5 Å². The zero-order valence-electron chi connectivity index (χ0n) is 18.8. The predicted molar refractivity (Wildman–Crippen MR) is 125 cm³/mol. The standard InChI is InChI=1S/C26H24FN5O2/c1-31(22-12-34-23-7-14(3-4-15(22)23)17-10-26(17)5-2-6-26)25(33)16-8-20-19(9-18(16)27)30-24(28)21-11-29-13-32(20)21/h3-4,7-9,11,13,17,22H,2,5-6,10,12H2,1H3,(H2,28,30)/t17?,22-/m1/s1. The Labute approximate surface area is 195 Å². The van der Waals surface area contributed by atoms with Gasteiger partial charge in [-0.2, -0.15) is 0 Å². The van der Waals surface area contributed by atoms with Crippen LogP contribution in [0.2, 0.25) is 0 Å². The lowest BCUT2D eigenvalue weighted by atomic mass is 9.78. The smallest absolute Gasteiger partial charge is 0.257 e. The van der Waals surface area contributed by atoms with Crippen LogP contribution in [0, 0.1) is 11.2 Å². The van der Waals surface area contributed by atoms with Crippen LogP contribution < -0.4 is 10.5 Å². The molecule has 2 N–H and O–H groups in total. The number of hydrogen-bond acceptors (Lipinski definition) is 5. The predicted octanol–water partition coefficient (Wildman–Crippen LogP) is 4.47. The number of nitrogen functional groups attached to an aromatic ring is 1. The second kappa shape index (κ2) is 6.68. The third kappa shape index (κ3) is 2.65. The number of rotatable bonds is 3. The average Bonchev–Trinajstić information content (AvgIpc) is 3.16. The van der Waals surface area contributed by atoms with Crippen molar-refractivity contribution in [3.05, 3.63) is 65.4 Å².